The van der Waals surface area contributed by atoms with Gasteiger partial charge in [-0.2, -0.15) is 0 Å². The van der Waals surface area contributed by atoms with E-state index in [0.717, 1.165) is 12.8 Å². The molecular weight excluding hydrogens is 224 g/mol. The topological polar surface area (TPSA) is 26.3 Å². The maximum Gasteiger partial charge on any atom is 0.330 e. The first-order valence-corrected chi connectivity index (χ1v) is 6.20. The molecule has 0 aliphatic carbocycles. The van der Waals surface area contributed by atoms with Crippen molar-refractivity contribution in [2.75, 3.05) is 7.11 Å². The van der Waals surface area contributed by atoms with Crippen molar-refractivity contribution in [2.45, 2.75) is 19.8 Å². The van der Waals surface area contributed by atoms with Gasteiger partial charge < -0.3 is 4.74 Å². The summed E-state index contributed by atoms with van der Waals surface area (Å²) in [5.41, 5.74) is 1.22. The Balaban J connectivity index is 2.30. The molecule has 0 N–H and O–H groups in total. The first-order valence-electron chi connectivity index (χ1n) is 6.20. The average molecular weight is 244 g/mol. The number of methoxy groups -OCH3 is 1. The van der Waals surface area contributed by atoms with Crippen LogP contribution in [0.15, 0.2) is 48.6 Å². The average Bonchev–Trinajstić information content (AvgIpc) is 2.42. The number of hydrogen-bond donors (Lipinski definition) is 0. The summed E-state index contributed by atoms with van der Waals surface area (Å²) in [5, 5.41) is 0. The largest absolute Gasteiger partial charge is 0.466 e. The van der Waals surface area contributed by atoms with Crippen LogP contribution in [0.1, 0.15) is 25.3 Å². The van der Waals surface area contributed by atoms with E-state index in [0.29, 0.717) is 5.92 Å². The smallest absolute Gasteiger partial charge is 0.330 e. The van der Waals surface area contributed by atoms with Gasteiger partial charge in [0.1, 0.15) is 0 Å². The van der Waals surface area contributed by atoms with Crippen molar-refractivity contribution in [1.82, 2.24) is 0 Å². The third-order valence-electron chi connectivity index (χ3n) is 2.66. The zero-order chi connectivity index (χ0) is 13.2. The summed E-state index contributed by atoms with van der Waals surface area (Å²) in [4.78, 5) is 10.8. The first kappa shape index (κ1) is 14.2. The van der Waals surface area contributed by atoms with E-state index in [1.807, 2.05) is 24.3 Å². The maximum atomic E-state index is 10.8. The Labute approximate surface area is 109 Å². The van der Waals surface area contributed by atoms with Crippen LogP contribution in [0.4, 0.5) is 0 Å². The molecular formula is C16H20O2. The highest BCUT2D eigenvalue weighted by atomic mass is 16.5. The predicted octanol–water partition coefficient (Wildman–Crippen LogP) is 3.85. The SMILES string of the molecule is COC(=O)/C=C/CC[C@H](C)/C=C/c1ccccc1. The molecule has 1 aromatic carbocycles. The lowest BCUT2D eigenvalue weighted by Crippen LogP contribution is -1.94. The highest BCUT2D eigenvalue weighted by Crippen LogP contribution is 2.11. The van der Waals surface area contributed by atoms with E-state index in [1.54, 1.807) is 0 Å². The molecule has 0 bridgehead atoms. The third-order valence-corrected chi connectivity index (χ3v) is 2.66. The van der Waals surface area contributed by atoms with Crippen LogP contribution in [-0.2, 0) is 9.53 Å². The van der Waals surface area contributed by atoms with Crippen LogP contribution in [-0.4, -0.2) is 13.1 Å². The lowest BCUT2D eigenvalue weighted by atomic mass is 10.0. The number of esters is 1. The summed E-state index contributed by atoms with van der Waals surface area (Å²) in [7, 11) is 1.39. The second-order valence-corrected chi connectivity index (χ2v) is 4.25. The Morgan fingerprint density at radius 2 is 2.06 bits per heavy atom. The molecule has 0 amide bonds. The van der Waals surface area contributed by atoms with Crippen LogP contribution < -0.4 is 0 Å². The molecule has 0 saturated carbocycles. The second kappa shape index (κ2) is 8.29. The fourth-order valence-corrected chi connectivity index (χ4v) is 1.54. The van der Waals surface area contributed by atoms with Gasteiger partial charge >= 0.3 is 5.97 Å². The van der Waals surface area contributed by atoms with E-state index in [1.165, 1.54) is 18.7 Å². The van der Waals surface area contributed by atoms with Gasteiger partial charge in [-0.15, -0.1) is 0 Å². The fraction of sp³-hybridized carbons (Fsp3) is 0.312. The van der Waals surface area contributed by atoms with E-state index in [-0.39, 0.29) is 5.97 Å². The minimum absolute atomic E-state index is 0.289. The maximum absolute atomic E-state index is 10.8. The number of ether oxygens (including phenoxy) is 1. The molecule has 0 radical (unpaired) electrons. The van der Waals surface area contributed by atoms with Crippen LogP contribution in [0, 0.1) is 5.92 Å². The fourth-order valence-electron chi connectivity index (χ4n) is 1.54. The van der Waals surface area contributed by atoms with Gasteiger partial charge in [-0.05, 0) is 24.3 Å². The van der Waals surface area contributed by atoms with Crippen molar-refractivity contribution in [3.63, 3.8) is 0 Å². The quantitative estimate of drug-likeness (QED) is 0.561. The van der Waals surface area contributed by atoms with Crippen LogP contribution in [0.5, 0.6) is 0 Å². The van der Waals surface area contributed by atoms with Crippen LogP contribution in [0.3, 0.4) is 0 Å². The summed E-state index contributed by atoms with van der Waals surface area (Å²) >= 11 is 0. The number of hydrogen-bond acceptors (Lipinski definition) is 2. The van der Waals surface area contributed by atoms with E-state index < -0.39 is 0 Å². The van der Waals surface area contributed by atoms with Gasteiger partial charge in [-0.3, -0.25) is 0 Å². The number of rotatable bonds is 6. The van der Waals surface area contributed by atoms with Crippen LogP contribution in [0.2, 0.25) is 0 Å². The lowest BCUT2D eigenvalue weighted by molar-refractivity contribution is -0.134. The van der Waals surface area contributed by atoms with E-state index >= 15 is 0 Å². The van der Waals surface area contributed by atoms with Crippen molar-refractivity contribution < 1.29 is 9.53 Å². The molecule has 1 rings (SSSR count). The molecule has 2 nitrogen and oxygen atoms in total. The summed E-state index contributed by atoms with van der Waals surface area (Å²) in [6.07, 6.45) is 9.58. The number of allylic oxidation sites excluding steroid dienone is 2. The van der Waals surface area contributed by atoms with Crippen molar-refractivity contribution >= 4 is 12.0 Å². The molecule has 0 fully saturated rings. The van der Waals surface area contributed by atoms with Gasteiger partial charge in [-0.1, -0.05) is 55.5 Å². The highest BCUT2D eigenvalue weighted by molar-refractivity contribution is 5.81. The predicted molar refractivity (Wildman–Crippen MR) is 75.0 cm³/mol. The molecule has 18 heavy (non-hydrogen) atoms. The van der Waals surface area contributed by atoms with E-state index in [9.17, 15) is 4.79 Å². The van der Waals surface area contributed by atoms with Gasteiger partial charge in [0.25, 0.3) is 0 Å². The molecule has 0 unspecified atom stereocenters. The molecule has 0 saturated heterocycles. The Hall–Kier alpha value is -1.83. The van der Waals surface area contributed by atoms with Gasteiger partial charge in [0.2, 0.25) is 0 Å². The molecule has 0 spiro atoms. The molecule has 1 aromatic rings. The summed E-state index contributed by atoms with van der Waals surface area (Å²) in [6.45, 7) is 2.17. The zero-order valence-electron chi connectivity index (χ0n) is 11.0. The highest BCUT2D eigenvalue weighted by Gasteiger charge is 1.96. The minimum atomic E-state index is -0.289. The normalized spacial score (nSPS) is 13.0. The van der Waals surface area contributed by atoms with Crippen molar-refractivity contribution in [3.05, 3.63) is 54.1 Å². The Kier molecular flexibility index (Phi) is 6.55. The molecule has 0 aromatic heterocycles. The summed E-state index contributed by atoms with van der Waals surface area (Å²) < 4.78 is 4.52. The summed E-state index contributed by atoms with van der Waals surface area (Å²) in [5.74, 6) is 0.204. The lowest BCUT2D eigenvalue weighted by Gasteiger charge is -2.03. The van der Waals surface area contributed by atoms with Crippen molar-refractivity contribution in [1.29, 1.82) is 0 Å². The minimum Gasteiger partial charge on any atom is -0.466 e. The monoisotopic (exact) mass is 244 g/mol. The Morgan fingerprint density at radius 1 is 1.33 bits per heavy atom. The summed E-state index contributed by atoms with van der Waals surface area (Å²) in [6, 6.07) is 10.2. The zero-order valence-corrected chi connectivity index (χ0v) is 11.0. The molecule has 0 heterocycles. The standard InChI is InChI=1S/C16H20O2/c1-14(8-6-7-11-16(17)18-2)12-13-15-9-4-3-5-10-15/h3-5,7,9-14H,6,8H2,1-2H3/b11-7+,13-12+/t14-/m0/s1. The van der Waals surface area contributed by atoms with Gasteiger partial charge in [0, 0.05) is 6.08 Å². The number of benzene rings is 1. The Morgan fingerprint density at radius 3 is 2.72 bits per heavy atom. The van der Waals surface area contributed by atoms with E-state index in [4.69, 9.17) is 0 Å². The molecule has 0 aliphatic heterocycles. The molecule has 0 aliphatic rings. The van der Waals surface area contributed by atoms with Crippen LogP contribution >= 0.6 is 0 Å². The van der Waals surface area contributed by atoms with Crippen LogP contribution in [0.25, 0.3) is 6.08 Å². The van der Waals surface area contributed by atoms with Gasteiger partial charge in [0.05, 0.1) is 7.11 Å². The van der Waals surface area contributed by atoms with E-state index in [2.05, 4.69) is 35.9 Å². The first-order chi connectivity index (χ1) is 8.72. The van der Waals surface area contributed by atoms with Gasteiger partial charge in [-0.25, -0.2) is 4.79 Å². The second-order valence-electron chi connectivity index (χ2n) is 4.25. The molecule has 96 valence electrons. The molecule has 1 atom stereocenters. The molecule has 2 heteroatoms. The third kappa shape index (κ3) is 6.04. The van der Waals surface area contributed by atoms with Crippen molar-refractivity contribution in [3.8, 4) is 0 Å². The number of carbonyl (C=O) groups is 1. The number of carbonyl (C=O) groups excluding carboxylic acids is 1. The van der Waals surface area contributed by atoms with Gasteiger partial charge in [0.15, 0.2) is 0 Å². The van der Waals surface area contributed by atoms with Crippen molar-refractivity contribution in [2.24, 2.45) is 5.92 Å². The Bertz CT molecular complexity index is 404.